The van der Waals surface area contributed by atoms with E-state index in [0.717, 1.165) is 11.1 Å². The lowest BCUT2D eigenvalue weighted by Gasteiger charge is -1.99. The van der Waals surface area contributed by atoms with Gasteiger partial charge in [0.15, 0.2) is 5.82 Å². The summed E-state index contributed by atoms with van der Waals surface area (Å²) >= 11 is 5.76. The summed E-state index contributed by atoms with van der Waals surface area (Å²) in [4.78, 5) is 7.95. The van der Waals surface area contributed by atoms with Crippen LogP contribution in [-0.2, 0) is 0 Å². The summed E-state index contributed by atoms with van der Waals surface area (Å²) in [7, 11) is 0. The molecule has 0 N–H and O–H groups in total. The van der Waals surface area contributed by atoms with Crippen molar-refractivity contribution < 1.29 is 0 Å². The standard InChI is InChI=1S/C13H9ClN4/c14-13-15-7-6-12(17-13)18-9-11(8-16-18)10-4-2-1-3-5-10/h1-9H. The molecule has 3 aromatic rings. The fourth-order valence-electron chi connectivity index (χ4n) is 1.68. The molecule has 0 bridgehead atoms. The molecule has 0 saturated heterocycles. The molecular formula is C13H9ClN4. The number of rotatable bonds is 2. The average Bonchev–Trinajstić information content (AvgIpc) is 2.89. The Bertz CT molecular complexity index is 664. The second-order valence-corrected chi connectivity index (χ2v) is 4.06. The molecule has 3 rings (SSSR count). The maximum absolute atomic E-state index is 5.76. The molecule has 0 atom stereocenters. The summed E-state index contributed by atoms with van der Waals surface area (Å²) < 4.78 is 1.68. The van der Waals surface area contributed by atoms with Gasteiger partial charge in [-0.2, -0.15) is 10.1 Å². The van der Waals surface area contributed by atoms with Gasteiger partial charge in [-0.1, -0.05) is 30.3 Å². The number of aromatic nitrogens is 4. The van der Waals surface area contributed by atoms with Crippen molar-refractivity contribution in [1.82, 2.24) is 19.7 Å². The van der Waals surface area contributed by atoms with Crippen LogP contribution in [-0.4, -0.2) is 19.7 Å². The van der Waals surface area contributed by atoms with Crippen molar-refractivity contribution in [2.45, 2.75) is 0 Å². The molecule has 0 amide bonds. The molecule has 5 heteroatoms. The normalized spacial score (nSPS) is 10.5. The fraction of sp³-hybridized carbons (Fsp3) is 0. The smallest absolute Gasteiger partial charge is 0.224 e. The second kappa shape index (κ2) is 4.58. The van der Waals surface area contributed by atoms with Crippen LogP contribution in [0.1, 0.15) is 0 Å². The van der Waals surface area contributed by atoms with E-state index in [4.69, 9.17) is 11.6 Å². The Hall–Kier alpha value is -2.20. The summed E-state index contributed by atoms with van der Waals surface area (Å²) in [5.41, 5.74) is 2.15. The molecule has 0 radical (unpaired) electrons. The predicted octanol–water partition coefficient (Wildman–Crippen LogP) is 2.98. The highest BCUT2D eigenvalue weighted by Gasteiger charge is 2.04. The van der Waals surface area contributed by atoms with E-state index in [2.05, 4.69) is 15.1 Å². The van der Waals surface area contributed by atoms with Gasteiger partial charge >= 0.3 is 0 Å². The van der Waals surface area contributed by atoms with Gasteiger partial charge in [0.05, 0.1) is 6.20 Å². The first-order valence-corrected chi connectivity index (χ1v) is 5.80. The highest BCUT2D eigenvalue weighted by molar-refractivity contribution is 6.28. The Balaban J connectivity index is 2.00. The quantitative estimate of drug-likeness (QED) is 0.662. The summed E-state index contributed by atoms with van der Waals surface area (Å²) in [6, 6.07) is 11.8. The van der Waals surface area contributed by atoms with Gasteiger partial charge < -0.3 is 0 Å². The lowest BCUT2D eigenvalue weighted by atomic mass is 10.1. The Labute approximate surface area is 109 Å². The van der Waals surface area contributed by atoms with Crippen molar-refractivity contribution >= 4 is 11.6 Å². The molecule has 0 aliphatic carbocycles. The lowest BCUT2D eigenvalue weighted by molar-refractivity contribution is 0.840. The van der Waals surface area contributed by atoms with Crippen LogP contribution in [0.25, 0.3) is 16.9 Å². The number of halogens is 1. The van der Waals surface area contributed by atoms with Crippen LogP contribution in [0.4, 0.5) is 0 Å². The topological polar surface area (TPSA) is 43.6 Å². The Morgan fingerprint density at radius 3 is 2.61 bits per heavy atom. The molecule has 0 aliphatic heterocycles. The molecule has 0 unspecified atom stereocenters. The van der Waals surface area contributed by atoms with Gasteiger partial charge in [-0.25, -0.2) is 9.67 Å². The van der Waals surface area contributed by atoms with Crippen LogP contribution in [0.2, 0.25) is 5.28 Å². The minimum atomic E-state index is 0.212. The highest BCUT2D eigenvalue weighted by Crippen LogP contribution is 2.19. The first-order valence-electron chi connectivity index (χ1n) is 5.42. The predicted molar refractivity (Wildman–Crippen MR) is 69.6 cm³/mol. The molecule has 1 aromatic carbocycles. The van der Waals surface area contributed by atoms with Gasteiger partial charge in [-0.3, -0.25) is 0 Å². The van der Waals surface area contributed by atoms with Gasteiger partial charge in [0.25, 0.3) is 0 Å². The first-order chi connectivity index (χ1) is 8.83. The fourth-order valence-corrected chi connectivity index (χ4v) is 1.82. The van der Waals surface area contributed by atoms with E-state index >= 15 is 0 Å². The van der Waals surface area contributed by atoms with Gasteiger partial charge in [-0.15, -0.1) is 0 Å². The van der Waals surface area contributed by atoms with Crippen molar-refractivity contribution in [2.75, 3.05) is 0 Å². The summed E-state index contributed by atoms with van der Waals surface area (Å²) in [6.45, 7) is 0. The lowest BCUT2D eigenvalue weighted by Crippen LogP contribution is -1.98. The third-order valence-corrected chi connectivity index (χ3v) is 2.72. The Morgan fingerprint density at radius 1 is 1.00 bits per heavy atom. The van der Waals surface area contributed by atoms with Gasteiger partial charge in [0.2, 0.25) is 5.28 Å². The van der Waals surface area contributed by atoms with E-state index in [-0.39, 0.29) is 5.28 Å². The van der Waals surface area contributed by atoms with Crippen molar-refractivity contribution in [3.8, 4) is 16.9 Å². The minimum absolute atomic E-state index is 0.212. The number of benzene rings is 1. The summed E-state index contributed by atoms with van der Waals surface area (Å²) in [6.07, 6.45) is 5.31. The van der Waals surface area contributed by atoms with Crippen LogP contribution in [0.15, 0.2) is 55.0 Å². The monoisotopic (exact) mass is 256 g/mol. The number of nitrogens with zero attached hydrogens (tertiary/aromatic N) is 4. The van der Waals surface area contributed by atoms with Crippen molar-refractivity contribution in [3.05, 3.63) is 60.3 Å². The third kappa shape index (κ3) is 2.10. The zero-order chi connectivity index (χ0) is 12.4. The molecule has 0 fully saturated rings. The molecule has 88 valence electrons. The Kier molecular flexibility index (Phi) is 2.78. The average molecular weight is 257 g/mol. The maximum atomic E-state index is 5.76. The van der Waals surface area contributed by atoms with Crippen LogP contribution in [0.5, 0.6) is 0 Å². The zero-order valence-electron chi connectivity index (χ0n) is 9.36. The van der Waals surface area contributed by atoms with Gasteiger partial charge in [0, 0.05) is 24.0 Å². The Morgan fingerprint density at radius 2 is 1.83 bits per heavy atom. The third-order valence-electron chi connectivity index (χ3n) is 2.54. The van der Waals surface area contributed by atoms with Crippen LogP contribution in [0.3, 0.4) is 0 Å². The molecule has 0 spiro atoms. The van der Waals surface area contributed by atoms with Gasteiger partial charge in [0.1, 0.15) is 0 Å². The molecule has 0 saturated carbocycles. The first kappa shape index (κ1) is 10.9. The van der Waals surface area contributed by atoms with Crippen molar-refractivity contribution in [1.29, 1.82) is 0 Å². The molecule has 18 heavy (non-hydrogen) atoms. The maximum Gasteiger partial charge on any atom is 0.224 e. The molecule has 0 aliphatic rings. The number of hydrogen-bond donors (Lipinski definition) is 0. The SMILES string of the molecule is Clc1nccc(-n2cc(-c3ccccc3)cn2)n1. The van der Waals surface area contributed by atoms with E-state index in [9.17, 15) is 0 Å². The van der Waals surface area contributed by atoms with Crippen molar-refractivity contribution in [2.24, 2.45) is 0 Å². The van der Waals surface area contributed by atoms with Crippen molar-refractivity contribution in [3.63, 3.8) is 0 Å². The van der Waals surface area contributed by atoms with Crippen LogP contribution in [0, 0.1) is 0 Å². The number of hydrogen-bond acceptors (Lipinski definition) is 3. The van der Waals surface area contributed by atoms with E-state index < -0.39 is 0 Å². The molecule has 4 nitrogen and oxygen atoms in total. The van der Waals surface area contributed by atoms with E-state index in [1.807, 2.05) is 36.5 Å². The minimum Gasteiger partial charge on any atom is -0.226 e. The van der Waals surface area contributed by atoms with Gasteiger partial charge in [-0.05, 0) is 17.2 Å². The van der Waals surface area contributed by atoms with E-state index in [1.165, 1.54) is 0 Å². The summed E-state index contributed by atoms with van der Waals surface area (Å²) in [5, 5.41) is 4.48. The van der Waals surface area contributed by atoms with E-state index in [0.29, 0.717) is 5.82 Å². The molecule has 2 aromatic heterocycles. The highest BCUT2D eigenvalue weighted by atomic mass is 35.5. The zero-order valence-corrected chi connectivity index (χ0v) is 10.1. The summed E-state index contributed by atoms with van der Waals surface area (Å²) in [5.74, 6) is 0.650. The molecule has 2 heterocycles. The largest absolute Gasteiger partial charge is 0.226 e. The second-order valence-electron chi connectivity index (χ2n) is 3.72. The van der Waals surface area contributed by atoms with E-state index in [1.54, 1.807) is 23.1 Å². The van der Waals surface area contributed by atoms with Crippen LogP contribution < -0.4 is 0 Å². The molecular weight excluding hydrogens is 248 g/mol. The van der Waals surface area contributed by atoms with Crippen LogP contribution >= 0.6 is 11.6 Å².